The Kier molecular flexibility index (Phi) is 6.09. The van der Waals surface area contributed by atoms with E-state index in [-0.39, 0.29) is 0 Å². The fourth-order valence-corrected chi connectivity index (χ4v) is 2.73. The van der Waals surface area contributed by atoms with Crippen LogP contribution in [0.1, 0.15) is 40.5 Å². The van der Waals surface area contributed by atoms with Gasteiger partial charge in [0, 0.05) is 25.2 Å². The first-order valence-corrected chi connectivity index (χ1v) is 7.49. The maximum Gasteiger partial charge on any atom is 0.0229 e. The van der Waals surface area contributed by atoms with Crippen molar-refractivity contribution >= 4 is 0 Å². The fourth-order valence-electron chi connectivity index (χ4n) is 2.73. The predicted octanol–water partition coefficient (Wildman–Crippen LogP) is 2.04. The van der Waals surface area contributed by atoms with Crippen LogP contribution in [0.25, 0.3) is 0 Å². The van der Waals surface area contributed by atoms with E-state index >= 15 is 0 Å². The van der Waals surface area contributed by atoms with Crippen molar-refractivity contribution in [2.75, 3.05) is 40.3 Å². The van der Waals surface area contributed by atoms with Gasteiger partial charge in [-0.25, -0.2) is 0 Å². The molecule has 0 radical (unpaired) electrons. The van der Waals surface area contributed by atoms with E-state index in [4.69, 9.17) is 0 Å². The topological polar surface area (TPSA) is 18.5 Å². The molecule has 1 aliphatic heterocycles. The molecular weight excluding hydrogens is 222 g/mol. The first-order valence-electron chi connectivity index (χ1n) is 7.49. The van der Waals surface area contributed by atoms with Crippen LogP contribution in [0.2, 0.25) is 0 Å². The molecule has 0 aliphatic carbocycles. The Bertz CT molecular complexity index is 238. The first-order chi connectivity index (χ1) is 8.36. The Hall–Kier alpha value is -0.120. The highest BCUT2D eigenvalue weighted by Crippen LogP contribution is 2.25. The minimum Gasteiger partial charge on any atom is -0.314 e. The highest BCUT2D eigenvalue weighted by molar-refractivity contribution is 4.88. The second-order valence-electron chi connectivity index (χ2n) is 6.81. The molecule has 0 saturated carbocycles. The van der Waals surface area contributed by atoms with Crippen LogP contribution in [0.15, 0.2) is 0 Å². The van der Waals surface area contributed by atoms with Crippen LogP contribution in [-0.4, -0.2) is 62.2 Å². The van der Waals surface area contributed by atoms with Crippen molar-refractivity contribution < 1.29 is 0 Å². The van der Waals surface area contributed by atoms with Crippen LogP contribution >= 0.6 is 0 Å². The molecule has 18 heavy (non-hydrogen) atoms. The van der Waals surface area contributed by atoms with Gasteiger partial charge in [-0.1, -0.05) is 20.8 Å². The fraction of sp³-hybridized carbons (Fsp3) is 1.00. The lowest BCUT2D eigenvalue weighted by molar-refractivity contribution is 0.156. The second-order valence-corrected chi connectivity index (χ2v) is 6.81. The van der Waals surface area contributed by atoms with E-state index in [9.17, 15) is 0 Å². The van der Waals surface area contributed by atoms with Crippen molar-refractivity contribution in [1.29, 1.82) is 0 Å². The van der Waals surface area contributed by atoms with E-state index in [2.05, 4.69) is 56.9 Å². The van der Waals surface area contributed by atoms with Gasteiger partial charge >= 0.3 is 0 Å². The molecule has 3 heteroatoms. The molecular formula is C15H33N3. The van der Waals surface area contributed by atoms with Gasteiger partial charge in [-0.15, -0.1) is 0 Å². The predicted molar refractivity (Wildman–Crippen MR) is 80.1 cm³/mol. The molecule has 1 aliphatic rings. The molecule has 1 N–H and O–H groups in total. The van der Waals surface area contributed by atoms with Crippen LogP contribution in [0.3, 0.4) is 0 Å². The molecule has 0 aromatic carbocycles. The zero-order valence-electron chi connectivity index (χ0n) is 13.3. The van der Waals surface area contributed by atoms with Crippen molar-refractivity contribution in [1.82, 2.24) is 15.1 Å². The lowest BCUT2D eigenvalue weighted by atomic mass is 9.84. The van der Waals surface area contributed by atoms with Gasteiger partial charge in [0.15, 0.2) is 0 Å². The molecule has 0 amide bonds. The summed E-state index contributed by atoms with van der Waals surface area (Å²) in [4.78, 5) is 5.00. The van der Waals surface area contributed by atoms with Gasteiger partial charge in [0.25, 0.3) is 0 Å². The van der Waals surface area contributed by atoms with Crippen LogP contribution in [-0.2, 0) is 0 Å². The third-order valence-corrected chi connectivity index (χ3v) is 4.48. The molecule has 0 bridgehead atoms. The number of hydrogen-bond donors (Lipinski definition) is 1. The highest BCUT2D eigenvalue weighted by Gasteiger charge is 2.32. The molecule has 2 atom stereocenters. The average molecular weight is 255 g/mol. The number of nitrogens with one attached hydrogen (secondary N) is 1. The third-order valence-electron chi connectivity index (χ3n) is 4.48. The molecule has 1 rings (SSSR count). The second kappa shape index (κ2) is 6.88. The van der Waals surface area contributed by atoms with E-state index in [1.807, 2.05) is 0 Å². The number of hydrogen-bond acceptors (Lipinski definition) is 3. The lowest BCUT2D eigenvalue weighted by Gasteiger charge is -2.36. The molecule has 1 saturated heterocycles. The number of rotatable bonds is 7. The Labute approximate surface area is 114 Å². The normalized spacial score (nSPS) is 23.8. The first kappa shape index (κ1) is 15.9. The standard InChI is InChI=1S/C15H33N3/c1-7-9-16-13(2)15(3,4)12-18-10-8-14(11-18)17(5)6/h13-14,16H,7-12H2,1-6H3. The van der Waals surface area contributed by atoms with E-state index in [0.29, 0.717) is 11.5 Å². The smallest absolute Gasteiger partial charge is 0.0229 e. The SMILES string of the molecule is CCCNC(C)C(C)(C)CN1CCC(N(C)C)C1. The van der Waals surface area contributed by atoms with Crippen molar-refractivity contribution in [3.8, 4) is 0 Å². The Morgan fingerprint density at radius 1 is 1.39 bits per heavy atom. The van der Waals surface area contributed by atoms with E-state index < -0.39 is 0 Å². The molecule has 3 nitrogen and oxygen atoms in total. The van der Waals surface area contributed by atoms with Gasteiger partial charge in [0.05, 0.1) is 0 Å². The molecule has 0 aromatic heterocycles. The largest absolute Gasteiger partial charge is 0.314 e. The summed E-state index contributed by atoms with van der Waals surface area (Å²) in [5, 5.41) is 3.64. The monoisotopic (exact) mass is 255 g/mol. The zero-order chi connectivity index (χ0) is 13.8. The quantitative estimate of drug-likeness (QED) is 0.751. The minimum atomic E-state index is 0.344. The van der Waals surface area contributed by atoms with Crippen molar-refractivity contribution in [3.05, 3.63) is 0 Å². The summed E-state index contributed by atoms with van der Waals surface area (Å²) in [5.74, 6) is 0. The third kappa shape index (κ3) is 4.52. The van der Waals surface area contributed by atoms with Crippen LogP contribution in [0.4, 0.5) is 0 Å². The molecule has 108 valence electrons. The summed E-state index contributed by atoms with van der Waals surface area (Å²) in [6.45, 7) is 14.2. The minimum absolute atomic E-state index is 0.344. The summed E-state index contributed by atoms with van der Waals surface area (Å²) >= 11 is 0. The van der Waals surface area contributed by atoms with Crippen LogP contribution in [0, 0.1) is 5.41 Å². The summed E-state index contributed by atoms with van der Waals surface area (Å²) in [7, 11) is 4.40. The molecule has 1 heterocycles. The van der Waals surface area contributed by atoms with Crippen LogP contribution in [0.5, 0.6) is 0 Å². The van der Waals surface area contributed by atoms with Crippen molar-refractivity contribution in [2.45, 2.75) is 52.6 Å². The summed E-state index contributed by atoms with van der Waals surface area (Å²) in [6, 6.07) is 1.33. The average Bonchev–Trinajstić information content (AvgIpc) is 2.73. The summed E-state index contributed by atoms with van der Waals surface area (Å²) < 4.78 is 0. The van der Waals surface area contributed by atoms with Gasteiger partial charge in [0.2, 0.25) is 0 Å². The summed E-state index contributed by atoms with van der Waals surface area (Å²) in [5.41, 5.74) is 0.344. The van der Waals surface area contributed by atoms with E-state index in [1.165, 1.54) is 32.5 Å². The highest BCUT2D eigenvalue weighted by atomic mass is 15.2. The van der Waals surface area contributed by atoms with Gasteiger partial charge < -0.3 is 15.1 Å². The Morgan fingerprint density at radius 3 is 2.56 bits per heavy atom. The Morgan fingerprint density at radius 2 is 2.06 bits per heavy atom. The van der Waals surface area contributed by atoms with Gasteiger partial charge in [0.1, 0.15) is 0 Å². The van der Waals surface area contributed by atoms with Crippen LogP contribution < -0.4 is 5.32 Å². The van der Waals surface area contributed by atoms with E-state index in [0.717, 1.165) is 12.6 Å². The summed E-state index contributed by atoms with van der Waals surface area (Å²) in [6.07, 6.45) is 2.53. The van der Waals surface area contributed by atoms with E-state index in [1.54, 1.807) is 0 Å². The number of nitrogens with zero attached hydrogens (tertiary/aromatic N) is 2. The number of likely N-dealkylation sites (N-methyl/N-ethyl adjacent to an activating group) is 1. The maximum absolute atomic E-state index is 3.64. The van der Waals surface area contributed by atoms with Gasteiger partial charge in [-0.2, -0.15) is 0 Å². The molecule has 0 aromatic rings. The Balaban J connectivity index is 2.41. The zero-order valence-corrected chi connectivity index (χ0v) is 13.3. The number of likely N-dealkylation sites (tertiary alicyclic amines) is 1. The van der Waals surface area contributed by atoms with Gasteiger partial charge in [-0.3, -0.25) is 0 Å². The lowest BCUT2D eigenvalue weighted by Crippen LogP contribution is -2.47. The molecule has 0 spiro atoms. The van der Waals surface area contributed by atoms with Crippen molar-refractivity contribution in [2.24, 2.45) is 5.41 Å². The molecule has 1 fully saturated rings. The molecule has 2 unspecified atom stereocenters. The van der Waals surface area contributed by atoms with Crippen molar-refractivity contribution in [3.63, 3.8) is 0 Å². The maximum atomic E-state index is 3.64. The van der Waals surface area contributed by atoms with Gasteiger partial charge in [-0.05, 0) is 52.4 Å².